The highest BCUT2D eigenvalue weighted by Gasteiger charge is 2.68. The maximum absolute atomic E-state index is 12.7. The molecular formula is C21H30O6. The van der Waals surface area contributed by atoms with Gasteiger partial charge >= 0.3 is 11.9 Å². The number of ether oxygens (including phenoxy) is 4. The van der Waals surface area contributed by atoms with Crippen molar-refractivity contribution in [2.75, 3.05) is 13.2 Å². The minimum Gasteiger partial charge on any atom is -0.461 e. The Labute approximate surface area is 160 Å². The van der Waals surface area contributed by atoms with Crippen molar-refractivity contribution in [3.05, 3.63) is 23.8 Å². The number of hydrogen-bond acceptors (Lipinski definition) is 6. The Bertz CT molecular complexity index is 689. The van der Waals surface area contributed by atoms with Gasteiger partial charge in [-0.05, 0) is 38.3 Å². The molecule has 1 aliphatic carbocycles. The summed E-state index contributed by atoms with van der Waals surface area (Å²) >= 11 is 0. The zero-order valence-electron chi connectivity index (χ0n) is 16.9. The lowest BCUT2D eigenvalue weighted by Gasteiger charge is -2.49. The molecule has 0 spiro atoms. The fourth-order valence-corrected chi connectivity index (χ4v) is 4.51. The highest BCUT2D eigenvalue weighted by atomic mass is 16.7. The molecule has 3 rings (SSSR count). The van der Waals surface area contributed by atoms with Crippen molar-refractivity contribution in [2.24, 2.45) is 11.3 Å². The minimum absolute atomic E-state index is 0.142. The molecule has 0 aromatic heterocycles. The Morgan fingerprint density at radius 3 is 2.70 bits per heavy atom. The summed E-state index contributed by atoms with van der Waals surface area (Å²) in [6.45, 7) is 14.1. The third-order valence-corrected chi connectivity index (χ3v) is 6.13. The summed E-state index contributed by atoms with van der Waals surface area (Å²) in [4.78, 5) is 24.2. The fraction of sp³-hybridized carbons (Fsp3) is 0.714. The van der Waals surface area contributed by atoms with Gasteiger partial charge in [0.05, 0.1) is 12.5 Å². The first-order chi connectivity index (χ1) is 12.5. The van der Waals surface area contributed by atoms with E-state index in [-0.39, 0.29) is 24.5 Å². The van der Waals surface area contributed by atoms with Gasteiger partial charge in [0.2, 0.25) is 0 Å². The van der Waals surface area contributed by atoms with Crippen LogP contribution in [0.3, 0.4) is 0 Å². The molecule has 0 aromatic carbocycles. The number of carbonyl (C=O) groups is 2. The van der Waals surface area contributed by atoms with Crippen molar-refractivity contribution in [3.63, 3.8) is 0 Å². The van der Waals surface area contributed by atoms with Gasteiger partial charge in [0.15, 0.2) is 5.79 Å². The summed E-state index contributed by atoms with van der Waals surface area (Å²) < 4.78 is 23.5. The van der Waals surface area contributed by atoms with Gasteiger partial charge in [-0.25, -0.2) is 0 Å². The average molecular weight is 378 g/mol. The summed E-state index contributed by atoms with van der Waals surface area (Å²) in [6.07, 6.45) is 3.10. The van der Waals surface area contributed by atoms with Crippen molar-refractivity contribution < 1.29 is 28.5 Å². The molecule has 2 heterocycles. The van der Waals surface area contributed by atoms with Crippen LogP contribution in [0.4, 0.5) is 0 Å². The third-order valence-electron chi connectivity index (χ3n) is 6.13. The zero-order chi connectivity index (χ0) is 20.0. The van der Waals surface area contributed by atoms with Crippen molar-refractivity contribution in [2.45, 2.75) is 71.4 Å². The first-order valence-corrected chi connectivity index (χ1v) is 9.60. The smallest absolute Gasteiger partial charge is 0.314 e. The van der Waals surface area contributed by atoms with Gasteiger partial charge in [0.1, 0.15) is 18.3 Å². The lowest BCUT2D eigenvalue weighted by Crippen LogP contribution is -2.57. The summed E-state index contributed by atoms with van der Waals surface area (Å²) in [5.41, 5.74) is 0.456. The molecule has 3 aliphatic rings. The van der Waals surface area contributed by atoms with Gasteiger partial charge in [0.25, 0.3) is 0 Å². The molecule has 3 atom stereocenters. The van der Waals surface area contributed by atoms with Crippen molar-refractivity contribution >= 4 is 11.9 Å². The standard InChI is InChI=1S/C21H30O6/c1-7-16(22)24-11-14-10-15(26-20(5,6)25-12-14)21-9-8-13(2)17(18(23)27-21)19(21,3)4/h10,15,17H,2,7-9,11-12H2,1,3-6H3/t15-,17-,21+/m0/s1. The predicted octanol–water partition coefficient (Wildman–Crippen LogP) is 3.31. The van der Waals surface area contributed by atoms with Crippen LogP contribution in [0.15, 0.2) is 23.8 Å². The topological polar surface area (TPSA) is 71.1 Å². The van der Waals surface area contributed by atoms with E-state index in [1.165, 1.54) is 0 Å². The maximum atomic E-state index is 12.7. The second kappa shape index (κ2) is 6.74. The molecule has 6 nitrogen and oxygen atoms in total. The molecule has 0 unspecified atom stereocenters. The van der Waals surface area contributed by atoms with Gasteiger partial charge in [0, 0.05) is 11.8 Å². The minimum atomic E-state index is -0.860. The Kier molecular flexibility index (Phi) is 5.02. The number of carbonyl (C=O) groups excluding carboxylic acids is 2. The van der Waals surface area contributed by atoms with Crippen LogP contribution in [0.2, 0.25) is 0 Å². The van der Waals surface area contributed by atoms with Crippen LogP contribution >= 0.6 is 0 Å². The van der Waals surface area contributed by atoms with Gasteiger partial charge in [-0.2, -0.15) is 0 Å². The zero-order valence-corrected chi connectivity index (χ0v) is 16.9. The highest BCUT2D eigenvalue weighted by molar-refractivity contribution is 5.81. The average Bonchev–Trinajstić information content (AvgIpc) is 2.71. The maximum Gasteiger partial charge on any atom is 0.314 e. The van der Waals surface area contributed by atoms with E-state index in [0.29, 0.717) is 19.4 Å². The number of esters is 2. The van der Waals surface area contributed by atoms with Crippen molar-refractivity contribution in [3.8, 4) is 0 Å². The molecule has 2 aliphatic heterocycles. The van der Waals surface area contributed by atoms with Gasteiger partial charge in [-0.1, -0.05) is 32.9 Å². The quantitative estimate of drug-likeness (QED) is 0.552. The predicted molar refractivity (Wildman–Crippen MR) is 98.7 cm³/mol. The number of fused-ring (bicyclic) bond motifs is 2. The molecule has 150 valence electrons. The van der Waals surface area contributed by atoms with E-state index in [9.17, 15) is 9.59 Å². The molecule has 2 fully saturated rings. The van der Waals surface area contributed by atoms with Crippen LogP contribution in [0.1, 0.15) is 53.9 Å². The van der Waals surface area contributed by atoms with E-state index in [2.05, 4.69) is 6.58 Å². The molecule has 2 bridgehead atoms. The normalized spacial score (nSPS) is 34.5. The Morgan fingerprint density at radius 2 is 2.04 bits per heavy atom. The second-order valence-electron chi connectivity index (χ2n) is 8.69. The molecule has 0 N–H and O–H groups in total. The molecule has 6 heteroatoms. The van der Waals surface area contributed by atoms with E-state index in [1.54, 1.807) is 6.92 Å². The number of hydrogen-bond donors (Lipinski definition) is 0. The first kappa shape index (κ1) is 20.1. The second-order valence-corrected chi connectivity index (χ2v) is 8.69. The summed E-state index contributed by atoms with van der Waals surface area (Å²) in [5.74, 6) is -1.70. The molecule has 0 radical (unpaired) electrons. The van der Waals surface area contributed by atoms with E-state index < -0.39 is 22.9 Å². The summed E-state index contributed by atoms with van der Waals surface area (Å²) in [7, 11) is 0. The van der Waals surface area contributed by atoms with Crippen molar-refractivity contribution in [1.29, 1.82) is 0 Å². The monoisotopic (exact) mass is 378 g/mol. The van der Waals surface area contributed by atoms with Crippen LogP contribution in [-0.2, 0) is 28.5 Å². The molecule has 0 amide bonds. The van der Waals surface area contributed by atoms with Crippen LogP contribution < -0.4 is 0 Å². The Morgan fingerprint density at radius 1 is 1.33 bits per heavy atom. The molecular weight excluding hydrogens is 348 g/mol. The van der Waals surface area contributed by atoms with Gasteiger partial charge in [-0.15, -0.1) is 0 Å². The SMILES string of the molecule is C=C1CC[C@]2([C@@H]3C=C(COC(=O)CC)COC(C)(C)O3)OC(=O)[C@H]1C2(C)C. The summed E-state index contributed by atoms with van der Waals surface area (Å²) in [5, 5.41) is 0. The molecule has 1 saturated heterocycles. The number of rotatable bonds is 4. The molecule has 0 aromatic rings. The Balaban J connectivity index is 1.97. The third kappa shape index (κ3) is 3.34. The van der Waals surface area contributed by atoms with Crippen LogP contribution in [0, 0.1) is 11.3 Å². The molecule has 1 saturated carbocycles. The largest absolute Gasteiger partial charge is 0.461 e. The fourth-order valence-electron chi connectivity index (χ4n) is 4.51. The van der Waals surface area contributed by atoms with E-state index in [4.69, 9.17) is 18.9 Å². The van der Waals surface area contributed by atoms with Crippen LogP contribution in [-0.4, -0.2) is 42.6 Å². The van der Waals surface area contributed by atoms with Crippen LogP contribution in [0.25, 0.3) is 0 Å². The lowest BCUT2D eigenvalue weighted by atomic mass is 9.58. The van der Waals surface area contributed by atoms with Crippen LogP contribution in [0.5, 0.6) is 0 Å². The highest BCUT2D eigenvalue weighted by Crippen LogP contribution is 2.60. The lowest BCUT2D eigenvalue weighted by molar-refractivity contribution is -0.261. The van der Waals surface area contributed by atoms with Gasteiger partial charge in [-0.3, -0.25) is 9.59 Å². The van der Waals surface area contributed by atoms with E-state index >= 15 is 0 Å². The van der Waals surface area contributed by atoms with E-state index in [0.717, 1.165) is 17.6 Å². The Hall–Kier alpha value is -1.66. The molecule has 27 heavy (non-hydrogen) atoms. The van der Waals surface area contributed by atoms with Gasteiger partial charge < -0.3 is 18.9 Å². The van der Waals surface area contributed by atoms with Crippen molar-refractivity contribution in [1.82, 2.24) is 0 Å². The first-order valence-electron chi connectivity index (χ1n) is 9.60. The summed E-state index contributed by atoms with van der Waals surface area (Å²) in [6, 6.07) is 0. The van der Waals surface area contributed by atoms with E-state index in [1.807, 2.05) is 33.8 Å².